The number of carbonyl (C=O) groups excluding carboxylic acids is 1. The predicted octanol–water partition coefficient (Wildman–Crippen LogP) is 4.19. The minimum Gasteiger partial charge on any atom is -0.353 e. The summed E-state index contributed by atoms with van der Waals surface area (Å²) in [5.41, 5.74) is 2.28. The number of aromatic nitrogens is 2. The van der Waals surface area contributed by atoms with E-state index in [2.05, 4.69) is 42.6 Å². The molecule has 25 heavy (non-hydrogen) atoms. The zero-order chi connectivity index (χ0) is 18.1. The average Bonchev–Trinajstić information content (AvgIpc) is 3.24. The molecule has 5 heteroatoms. The van der Waals surface area contributed by atoms with E-state index in [-0.39, 0.29) is 5.91 Å². The summed E-state index contributed by atoms with van der Waals surface area (Å²) in [7, 11) is 0. The lowest BCUT2D eigenvalue weighted by molar-refractivity contribution is -0.119. The molecule has 0 aromatic carbocycles. The molecule has 2 aliphatic carbocycles. The van der Waals surface area contributed by atoms with E-state index in [1.807, 2.05) is 6.92 Å². The minimum absolute atomic E-state index is 0.148. The van der Waals surface area contributed by atoms with Crippen LogP contribution in [-0.4, -0.2) is 27.3 Å². The Morgan fingerprint density at radius 2 is 2.04 bits per heavy atom. The molecule has 1 amide bonds. The molecule has 0 radical (unpaired) electrons. The van der Waals surface area contributed by atoms with Gasteiger partial charge >= 0.3 is 0 Å². The van der Waals surface area contributed by atoms with Crippen LogP contribution in [0.15, 0.2) is 5.16 Å². The van der Waals surface area contributed by atoms with E-state index in [4.69, 9.17) is 0 Å². The van der Waals surface area contributed by atoms with Crippen molar-refractivity contribution >= 4 is 17.7 Å². The number of imidazole rings is 1. The highest BCUT2D eigenvalue weighted by atomic mass is 32.2. The lowest BCUT2D eigenvalue weighted by atomic mass is 9.84. The third-order valence-corrected chi connectivity index (χ3v) is 7.10. The van der Waals surface area contributed by atoms with Gasteiger partial charge in [0.05, 0.1) is 11.4 Å². The number of hydrogen-bond donors (Lipinski definition) is 1. The Labute approximate surface area is 156 Å². The van der Waals surface area contributed by atoms with Crippen molar-refractivity contribution in [2.75, 3.05) is 5.75 Å². The maximum absolute atomic E-state index is 12.4. The van der Waals surface area contributed by atoms with Gasteiger partial charge in [-0.3, -0.25) is 4.79 Å². The van der Waals surface area contributed by atoms with Crippen LogP contribution in [0.5, 0.6) is 0 Å². The Hall–Kier alpha value is -0.970. The molecular formula is C20H33N3OS. The standard InChI is InChI=1S/C20H33N3OS/c1-12(2)10-23-15(5)13(3)22-20(23)25-11-19(24)21-14(4)18-9-16-6-7-17(18)8-16/h12,14,16-18H,6-11H2,1-5H3,(H,21,24). The van der Waals surface area contributed by atoms with Crippen molar-refractivity contribution in [1.29, 1.82) is 0 Å². The number of hydrogen-bond acceptors (Lipinski definition) is 3. The van der Waals surface area contributed by atoms with Gasteiger partial charge in [0.2, 0.25) is 5.91 Å². The topological polar surface area (TPSA) is 46.9 Å². The van der Waals surface area contributed by atoms with Crippen molar-refractivity contribution in [3.8, 4) is 0 Å². The van der Waals surface area contributed by atoms with E-state index in [1.54, 1.807) is 11.8 Å². The Balaban J connectivity index is 1.53. The zero-order valence-electron chi connectivity index (χ0n) is 16.3. The van der Waals surface area contributed by atoms with Crippen molar-refractivity contribution in [1.82, 2.24) is 14.9 Å². The molecule has 3 rings (SSSR count). The van der Waals surface area contributed by atoms with Crippen molar-refractivity contribution in [2.45, 2.75) is 78.0 Å². The fraction of sp³-hybridized carbons (Fsp3) is 0.800. The molecule has 0 saturated heterocycles. The van der Waals surface area contributed by atoms with E-state index in [9.17, 15) is 4.79 Å². The molecular weight excluding hydrogens is 330 g/mol. The van der Waals surface area contributed by atoms with Crippen LogP contribution in [-0.2, 0) is 11.3 Å². The summed E-state index contributed by atoms with van der Waals surface area (Å²) in [5.74, 6) is 3.65. The number of amides is 1. The second-order valence-electron chi connectivity index (χ2n) is 8.55. The highest BCUT2D eigenvalue weighted by Gasteiger charge is 2.42. The maximum atomic E-state index is 12.4. The quantitative estimate of drug-likeness (QED) is 0.739. The summed E-state index contributed by atoms with van der Waals surface area (Å²) in [5, 5.41) is 4.24. The summed E-state index contributed by atoms with van der Waals surface area (Å²) >= 11 is 1.57. The summed E-state index contributed by atoms with van der Waals surface area (Å²) in [6.07, 6.45) is 5.49. The van der Waals surface area contributed by atoms with Gasteiger partial charge in [0.15, 0.2) is 5.16 Å². The van der Waals surface area contributed by atoms with E-state index in [1.165, 1.54) is 31.4 Å². The first-order valence-electron chi connectivity index (χ1n) is 9.81. The second-order valence-corrected chi connectivity index (χ2v) is 9.50. The summed E-state index contributed by atoms with van der Waals surface area (Å²) in [6.45, 7) is 11.7. The van der Waals surface area contributed by atoms with Crippen molar-refractivity contribution in [3.63, 3.8) is 0 Å². The van der Waals surface area contributed by atoms with E-state index in [0.717, 1.165) is 29.2 Å². The molecule has 2 bridgehead atoms. The van der Waals surface area contributed by atoms with Gasteiger partial charge in [0, 0.05) is 18.3 Å². The Bertz CT molecular complexity index is 625. The molecule has 2 saturated carbocycles. The SMILES string of the molecule is Cc1nc(SCC(=O)NC(C)C2CC3CCC2C3)n(CC(C)C)c1C. The van der Waals surface area contributed by atoms with Gasteiger partial charge in [-0.25, -0.2) is 4.98 Å². The minimum atomic E-state index is 0.148. The van der Waals surface area contributed by atoms with Crippen molar-refractivity contribution in [3.05, 3.63) is 11.4 Å². The summed E-state index contributed by atoms with van der Waals surface area (Å²) < 4.78 is 2.26. The molecule has 1 aromatic rings. The average molecular weight is 364 g/mol. The van der Waals surface area contributed by atoms with Crippen LogP contribution in [0.1, 0.15) is 57.8 Å². The molecule has 4 unspecified atom stereocenters. The van der Waals surface area contributed by atoms with Crippen LogP contribution in [0, 0.1) is 37.5 Å². The molecule has 1 N–H and O–H groups in total. The first-order valence-corrected chi connectivity index (χ1v) is 10.8. The normalized spacial score (nSPS) is 26.4. The molecule has 1 heterocycles. The molecule has 2 fully saturated rings. The Kier molecular flexibility index (Phi) is 5.81. The van der Waals surface area contributed by atoms with E-state index in [0.29, 0.717) is 23.6 Å². The number of thioether (sulfide) groups is 1. The number of fused-ring (bicyclic) bond motifs is 2. The molecule has 0 spiro atoms. The van der Waals surface area contributed by atoms with Gasteiger partial charge in [-0.05, 0) is 63.7 Å². The number of aryl methyl sites for hydroxylation is 1. The van der Waals surface area contributed by atoms with Gasteiger partial charge in [0.1, 0.15) is 0 Å². The summed E-state index contributed by atoms with van der Waals surface area (Å²) in [4.78, 5) is 17.1. The third-order valence-electron chi connectivity index (χ3n) is 6.13. The maximum Gasteiger partial charge on any atom is 0.230 e. The van der Waals surface area contributed by atoms with Crippen LogP contribution in [0.2, 0.25) is 0 Å². The molecule has 0 aliphatic heterocycles. The lowest BCUT2D eigenvalue weighted by Gasteiger charge is -2.28. The smallest absolute Gasteiger partial charge is 0.230 e. The van der Waals surface area contributed by atoms with Crippen molar-refractivity contribution in [2.24, 2.45) is 23.7 Å². The zero-order valence-corrected chi connectivity index (χ0v) is 17.2. The van der Waals surface area contributed by atoms with Gasteiger partial charge in [-0.1, -0.05) is 32.0 Å². The van der Waals surface area contributed by atoms with Crippen molar-refractivity contribution < 1.29 is 4.79 Å². The van der Waals surface area contributed by atoms with Crippen LogP contribution in [0.25, 0.3) is 0 Å². The van der Waals surface area contributed by atoms with Crippen LogP contribution >= 0.6 is 11.8 Å². The molecule has 1 aromatic heterocycles. The van der Waals surface area contributed by atoms with Gasteiger partial charge in [-0.2, -0.15) is 0 Å². The Morgan fingerprint density at radius 1 is 1.28 bits per heavy atom. The first-order chi connectivity index (χ1) is 11.8. The summed E-state index contributed by atoms with van der Waals surface area (Å²) in [6, 6.07) is 0.308. The number of nitrogens with one attached hydrogen (secondary N) is 1. The Morgan fingerprint density at radius 3 is 2.64 bits per heavy atom. The van der Waals surface area contributed by atoms with Crippen LogP contribution in [0.3, 0.4) is 0 Å². The molecule has 4 nitrogen and oxygen atoms in total. The predicted molar refractivity (Wildman–Crippen MR) is 104 cm³/mol. The highest BCUT2D eigenvalue weighted by Crippen LogP contribution is 2.49. The molecule has 4 atom stereocenters. The van der Waals surface area contributed by atoms with Crippen LogP contribution in [0.4, 0.5) is 0 Å². The first kappa shape index (κ1) is 18.8. The lowest BCUT2D eigenvalue weighted by Crippen LogP contribution is -2.40. The third kappa shape index (κ3) is 4.24. The second kappa shape index (κ2) is 7.73. The monoisotopic (exact) mass is 363 g/mol. The number of carbonyl (C=O) groups is 1. The fourth-order valence-electron chi connectivity index (χ4n) is 4.75. The molecule has 140 valence electrons. The van der Waals surface area contributed by atoms with Crippen LogP contribution < -0.4 is 5.32 Å². The van der Waals surface area contributed by atoms with E-state index < -0.39 is 0 Å². The van der Waals surface area contributed by atoms with Gasteiger partial charge in [-0.15, -0.1) is 0 Å². The number of rotatable bonds is 7. The largest absolute Gasteiger partial charge is 0.353 e. The number of nitrogens with zero attached hydrogens (tertiary/aromatic N) is 2. The molecule has 2 aliphatic rings. The van der Waals surface area contributed by atoms with Gasteiger partial charge in [0.25, 0.3) is 0 Å². The highest BCUT2D eigenvalue weighted by molar-refractivity contribution is 7.99. The fourth-order valence-corrected chi connectivity index (χ4v) is 5.67. The van der Waals surface area contributed by atoms with E-state index >= 15 is 0 Å². The van der Waals surface area contributed by atoms with Gasteiger partial charge < -0.3 is 9.88 Å².